The molecular weight excluding hydrogens is 396 g/mol. The number of aryl methyl sites for hydroxylation is 1. The fourth-order valence-electron chi connectivity index (χ4n) is 3.79. The predicted molar refractivity (Wildman–Crippen MR) is 147 cm³/mol. The highest BCUT2D eigenvalue weighted by atomic mass is 14.1. The summed E-state index contributed by atoms with van der Waals surface area (Å²) < 4.78 is 0. The fourth-order valence-corrected chi connectivity index (χ4v) is 3.79. The molecule has 0 aliphatic carbocycles. The van der Waals surface area contributed by atoms with Crippen LogP contribution in [-0.4, -0.2) is 0 Å². The molecule has 0 saturated heterocycles. The molecule has 1 atom stereocenters. The van der Waals surface area contributed by atoms with Crippen LogP contribution in [0, 0.1) is 0 Å². The zero-order valence-electron chi connectivity index (χ0n) is 20.0. The Kier molecular flexibility index (Phi) is 9.03. The molecule has 33 heavy (non-hydrogen) atoms. The molecule has 0 heterocycles. The molecule has 0 heteroatoms. The molecule has 0 aliphatic rings. The van der Waals surface area contributed by atoms with E-state index in [1.165, 1.54) is 33.0 Å². The summed E-state index contributed by atoms with van der Waals surface area (Å²) in [5, 5.41) is 2.57. The van der Waals surface area contributed by atoms with Crippen LogP contribution in [0.2, 0.25) is 0 Å². The molecular formula is C33H34. The first-order valence-corrected chi connectivity index (χ1v) is 11.7. The molecule has 166 valence electrons. The van der Waals surface area contributed by atoms with Gasteiger partial charge in [-0.25, -0.2) is 0 Å². The van der Waals surface area contributed by atoms with Crippen molar-refractivity contribution in [3.05, 3.63) is 150 Å². The lowest BCUT2D eigenvalue weighted by Gasteiger charge is -2.11. The van der Waals surface area contributed by atoms with Crippen molar-refractivity contribution in [3.8, 4) is 0 Å². The SMILES string of the molecule is C=C(/C=C\C=C(/C)c1cccc2ccccc12)C(C)c1ccccc1.CCc1ccccc1. The molecule has 0 nitrogen and oxygen atoms in total. The van der Waals surface area contributed by atoms with Gasteiger partial charge in [-0.1, -0.05) is 142 Å². The van der Waals surface area contributed by atoms with E-state index in [9.17, 15) is 0 Å². The van der Waals surface area contributed by atoms with E-state index in [0.29, 0.717) is 5.92 Å². The number of hydrogen-bond acceptors (Lipinski definition) is 0. The molecule has 0 amide bonds. The maximum absolute atomic E-state index is 4.23. The first kappa shape index (κ1) is 24.0. The molecule has 0 spiro atoms. The number of allylic oxidation sites excluding steroid dienone is 5. The Hall–Kier alpha value is -3.64. The summed E-state index contributed by atoms with van der Waals surface area (Å²) in [6.07, 6.45) is 7.54. The van der Waals surface area contributed by atoms with Crippen molar-refractivity contribution in [2.75, 3.05) is 0 Å². The third-order valence-corrected chi connectivity index (χ3v) is 5.98. The third kappa shape index (κ3) is 6.92. The van der Waals surface area contributed by atoms with Gasteiger partial charge in [-0.2, -0.15) is 0 Å². The first-order chi connectivity index (χ1) is 16.1. The molecule has 4 rings (SSSR count). The van der Waals surface area contributed by atoms with Gasteiger partial charge in [0.15, 0.2) is 0 Å². The van der Waals surface area contributed by atoms with Gasteiger partial charge in [0.05, 0.1) is 0 Å². The molecule has 0 radical (unpaired) electrons. The Morgan fingerprint density at radius 3 is 2.06 bits per heavy atom. The lowest BCUT2D eigenvalue weighted by molar-refractivity contribution is 0.926. The Morgan fingerprint density at radius 1 is 0.788 bits per heavy atom. The van der Waals surface area contributed by atoms with E-state index in [4.69, 9.17) is 0 Å². The van der Waals surface area contributed by atoms with E-state index in [1.807, 2.05) is 12.1 Å². The van der Waals surface area contributed by atoms with Crippen LogP contribution in [0.1, 0.15) is 43.4 Å². The van der Waals surface area contributed by atoms with Crippen LogP contribution in [-0.2, 0) is 6.42 Å². The van der Waals surface area contributed by atoms with Gasteiger partial charge in [0, 0.05) is 5.92 Å². The maximum Gasteiger partial charge on any atom is 0.00551 e. The van der Waals surface area contributed by atoms with E-state index in [-0.39, 0.29) is 0 Å². The second-order valence-corrected chi connectivity index (χ2v) is 8.28. The van der Waals surface area contributed by atoms with E-state index in [1.54, 1.807) is 0 Å². The Labute approximate surface area is 199 Å². The van der Waals surface area contributed by atoms with E-state index >= 15 is 0 Å². The van der Waals surface area contributed by atoms with Gasteiger partial charge in [0.1, 0.15) is 0 Å². The van der Waals surface area contributed by atoms with Gasteiger partial charge in [-0.3, -0.25) is 0 Å². The van der Waals surface area contributed by atoms with E-state index < -0.39 is 0 Å². The summed E-state index contributed by atoms with van der Waals surface area (Å²) in [6.45, 7) is 10.8. The van der Waals surface area contributed by atoms with Crippen LogP contribution in [0.4, 0.5) is 0 Å². The third-order valence-electron chi connectivity index (χ3n) is 5.98. The zero-order valence-corrected chi connectivity index (χ0v) is 20.0. The van der Waals surface area contributed by atoms with Crippen molar-refractivity contribution in [1.29, 1.82) is 0 Å². The van der Waals surface area contributed by atoms with Gasteiger partial charge in [-0.15, -0.1) is 0 Å². The Balaban J connectivity index is 0.000000323. The smallest absolute Gasteiger partial charge is 0.00551 e. The average Bonchev–Trinajstić information content (AvgIpc) is 2.89. The lowest BCUT2D eigenvalue weighted by Crippen LogP contribution is -1.94. The maximum atomic E-state index is 4.23. The zero-order chi connectivity index (χ0) is 23.5. The molecule has 4 aromatic carbocycles. The summed E-state index contributed by atoms with van der Waals surface area (Å²) >= 11 is 0. The van der Waals surface area contributed by atoms with Crippen molar-refractivity contribution in [2.24, 2.45) is 0 Å². The number of benzene rings is 4. The number of fused-ring (bicyclic) bond motifs is 1. The molecule has 0 aromatic heterocycles. The van der Waals surface area contributed by atoms with Crippen LogP contribution in [0.15, 0.2) is 134 Å². The summed E-state index contributed by atoms with van der Waals surface area (Å²) in [7, 11) is 0. The minimum atomic E-state index is 0.323. The van der Waals surface area contributed by atoms with Crippen molar-refractivity contribution in [2.45, 2.75) is 33.1 Å². The minimum Gasteiger partial charge on any atom is -0.0952 e. The van der Waals surface area contributed by atoms with Crippen molar-refractivity contribution in [1.82, 2.24) is 0 Å². The monoisotopic (exact) mass is 430 g/mol. The molecule has 0 saturated carbocycles. The number of rotatable bonds is 6. The normalized spacial score (nSPS) is 12.3. The predicted octanol–water partition coefficient (Wildman–Crippen LogP) is 9.41. The summed E-state index contributed by atoms with van der Waals surface area (Å²) in [5.74, 6) is 0.323. The molecule has 0 fully saturated rings. The highest BCUT2D eigenvalue weighted by molar-refractivity contribution is 5.93. The number of hydrogen-bond donors (Lipinski definition) is 0. The minimum absolute atomic E-state index is 0.323. The van der Waals surface area contributed by atoms with Gasteiger partial charge in [0.25, 0.3) is 0 Å². The van der Waals surface area contributed by atoms with Crippen molar-refractivity contribution in [3.63, 3.8) is 0 Å². The molecule has 0 N–H and O–H groups in total. The summed E-state index contributed by atoms with van der Waals surface area (Å²) in [6, 6.07) is 35.9. The fraction of sp³-hybridized carbons (Fsp3) is 0.152. The van der Waals surface area contributed by atoms with E-state index in [2.05, 4.69) is 137 Å². The first-order valence-electron chi connectivity index (χ1n) is 11.7. The second-order valence-electron chi connectivity index (χ2n) is 8.28. The Morgan fingerprint density at radius 2 is 1.39 bits per heavy atom. The average molecular weight is 431 g/mol. The van der Waals surface area contributed by atoms with Crippen LogP contribution >= 0.6 is 0 Å². The molecule has 1 unspecified atom stereocenters. The second kappa shape index (κ2) is 12.4. The van der Waals surface area contributed by atoms with Crippen LogP contribution < -0.4 is 0 Å². The highest BCUT2D eigenvalue weighted by Crippen LogP contribution is 2.26. The van der Waals surface area contributed by atoms with Crippen LogP contribution in [0.25, 0.3) is 16.3 Å². The quantitative estimate of drug-likeness (QED) is 0.267. The van der Waals surface area contributed by atoms with Gasteiger partial charge >= 0.3 is 0 Å². The topological polar surface area (TPSA) is 0 Å². The van der Waals surface area contributed by atoms with Gasteiger partial charge < -0.3 is 0 Å². The molecule has 4 aromatic rings. The van der Waals surface area contributed by atoms with Gasteiger partial charge in [0.2, 0.25) is 0 Å². The molecule has 0 bridgehead atoms. The highest BCUT2D eigenvalue weighted by Gasteiger charge is 2.06. The standard InChI is InChI=1S/C25H24.C8H10/c1-19(21(3)22-13-5-4-6-14-22)11-9-12-20(2)24-18-10-16-23-15-7-8-17-25(23)24;1-2-8-6-4-3-5-7-8/h4-18,21H,1H2,2-3H3;3-7H,2H2,1H3/b11-9-,20-12+;. The van der Waals surface area contributed by atoms with Gasteiger partial charge in [-0.05, 0) is 52.0 Å². The van der Waals surface area contributed by atoms with E-state index in [0.717, 1.165) is 12.0 Å². The van der Waals surface area contributed by atoms with Crippen LogP contribution in [0.5, 0.6) is 0 Å². The Bertz CT molecular complexity index is 1210. The van der Waals surface area contributed by atoms with Crippen molar-refractivity contribution < 1.29 is 0 Å². The molecule has 0 aliphatic heterocycles. The largest absolute Gasteiger partial charge is 0.0952 e. The lowest BCUT2D eigenvalue weighted by atomic mass is 9.93. The van der Waals surface area contributed by atoms with Crippen LogP contribution in [0.3, 0.4) is 0 Å². The summed E-state index contributed by atoms with van der Waals surface area (Å²) in [4.78, 5) is 0. The van der Waals surface area contributed by atoms with Crippen molar-refractivity contribution >= 4 is 16.3 Å². The summed E-state index contributed by atoms with van der Waals surface area (Å²) in [5.41, 5.74) is 6.37.